The van der Waals surface area contributed by atoms with Crippen LogP contribution in [-0.4, -0.2) is 40.1 Å². The van der Waals surface area contributed by atoms with Crippen LogP contribution in [0.5, 0.6) is 5.75 Å². The maximum Gasteiger partial charge on any atom is 0.490 e. The fourth-order valence-corrected chi connectivity index (χ4v) is 2.96. The van der Waals surface area contributed by atoms with E-state index in [9.17, 15) is 22.0 Å². The molecule has 0 saturated heterocycles. The summed E-state index contributed by atoms with van der Waals surface area (Å²) in [4.78, 5) is 17.8. The summed E-state index contributed by atoms with van der Waals surface area (Å²) in [5.41, 5.74) is 1.54. The maximum absolute atomic E-state index is 14.3. The number of nitrogens with zero attached hydrogens (tertiary/aromatic N) is 2. The molecule has 0 fully saturated rings. The molecular formula is C22H17F5N2O3. The van der Waals surface area contributed by atoms with Crippen LogP contribution in [0.15, 0.2) is 53.7 Å². The van der Waals surface area contributed by atoms with Gasteiger partial charge in [-0.15, -0.1) is 0 Å². The van der Waals surface area contributed by atoms with Crippen molar-refractivity contribution in [3.63, 3.8) is 0 Å². The van der Waals surface area contributed by atoms with E-state index in [-0.39, 0.29) is 11.6 Å². The number of ether oxygens (including phenoxy) is 1. The minimum Gasteiger partial charge on any atom is -0.482 e. The largest absolute Gasteiger partial charge is 0.490 e. The molecule has 0 unspecified atom stereocenters. The second-order valence-corrected chi connectivity index (χ2v) is 7.48. The number of aromatic nitrogens is 1. The van der Waals surface area contributed by atoms with E-state index in [1.165, 1.54) is 12.1 Å². The molecule has 0 amide bonds. The number of fused-ring (bicyclic) bond motifs is 2. The number of halogens is 5. The fourth-order valence-electron chi connectivity index (χ4n) is 2.96. The van der Waals surface area contributed by atoms with Crippen molar-refractivity contribution < 1.29 is 36.6 Å². The topological polar surface area (TPSA) is 71.8 Å². The number of alkyl halides is 3. The van der Waals surface area contributed by atoms with E-state index in [2.05, 4.69) is 9.98 Å². The number of rotatable bonds is 1. The molecule has 1 aliphatic rings. The lowest BCUT2D eigenvalue weighted by Gasteiger charge is -2.23. The predicted octanol–water partition coefficient (Wildman–Crippen LogP) is 5.15. The Morgan fingerprint density at radius 3 is 2.38 bits per heavy atom. The van der Waals surface area contributed by atoms with Gasteiger partial charge in [-0.25, -0.2) is 13.6 Å². The Balaban J connectivity index is 0.000000360. The number of carboxylic acids is 1. The molecule has 2 aromatic carbocycles. The maximum atomic E-state index is 14.3. The Morgan fingerprint density at radius 1 is 1.09 bits per heavy atom. The Morgan fingerprint density at radius 2 is 1.72 bits per heavy atom. The molecule has 2 heterocycles. The van der Waals surface area contributed by atoms with Crippen molar-refractivity contribution in [2.75, 3.05) is 6.54 Å². The summed E-state index contributed by atoms with van der Waals surface area (Å²) in [5.74, 6) is -3.38. The summed E-state index contributed by atoms with van der Waals surface area (Å²) >= 11 is 0. The molecule has 0 radical (unpaired) electrons. The first-order valence-corrected chi connectivity index (χ1v) is 9.26. The van der Waals surface area contributed by atoms with Gasteiger partial charge >= 0.3 is 12.1 Å². The van der Waals surface area contributed by atoms with Crippen LogP contribution >= 0.6 is 0 Å². The van der Waals surface area contributed by atoms with Gasteiger partial charge in [-0.1, -0.05) is 18.2 Å². The standard InChI is InChI=1S/C20H16F2N2O.C2HF3O2/c1-20(2)11-24-17(14-6-4-8-16(22)19(14)25-20)13-9-12-5-3-7-15(21)18(12)23-10-13;3-2(4,5)1(6)7/h3-10H,11H2,1-2H3;(H,6,7). The fraction of sp³-hybridized carbons (Fsp3) is 0.227. The second kappa shape index (κ2) is 8.52. The van der Waals surface area contributed by atoms with Gasteiger partial charge in [0.2, 0.25) is 0 Å². The molecule has 1 aromatic heterocycles. The van der Waals surface area contributed by atoms with E-state index in [1.807, 2.05) is 19.9 Å². The summed E-state index contributed by atoms with van der Waals surface area (Å²) in [7, 11) is 0. The summed E-state index contributed by atoms with van der Waals surface area (Å²) < 4.78 is 65.8. The summed E-state index contributed by atoms with van der Waals surface area (Å²) in [6.45, 7) is 4.10. The summed E-state index contributed by atoms with van der Waals surface area (Å²) in [6, 6.07) is 11.4. The SMILES string of the molecule is CC1(C)CN=C(c2cnc3c(F)cccc3c2)c2cccc(F)c2O1.O=C(O)C(F)(F)F. The van der Waals surface area contributed by atoms with E-state index >= 15 is 0 Å². The monoisotopic (exact) mass is 452 g/mol. The van der Waals surface area contributed by atoms with Crippen molar-refractivity contribution in [3.05, 3.63) is 71.4 Å². The highest BCUT2D eigenvalue weighted by atomic mass is 19.4. The van der Waals surface area contributed by atoms with Crippen molar-refractivity contribution in [1.82, 2.24) is 4.98 Å². The van der Waals surface area contributed by atoms with Crippen molar-refractivity contribution in [2.24, 2.45) is 4.99 Å². The molecule has 0 bridgehead atoms. The number of hydrogen-bond donors (Lipinski definition) is 1. The van der Waals surface area contributed by atoms with Gasteiger partial charge in [0.25, 0.3) is 0 Å². The van der Waals surface area contributed by atoms with E-state index in [0.717, 1.165) is 0 Å². The second-order valence-electron chi connectivity index (χ2n) is 7.48. The molecular weight excluding hydrogens is 435 g/mol. The zero-order valence-electron chi connectivity index (χ0n) is 16.9. The van der Waals surface area contributed by atoms with Crippen LogP contribution in [0.3, 0.4) is 0 Å². The van der Waals surface area contributed by atoms with Gasteiger partial charge < -0.3 is 9.84 Å². The molecule has 0 atom stereocenters. The van der Waals surface area contributed by atoms with E-state index in [4.69, 9.17) is 14.6 Å². The van der Waals surface area contributed by atoms with Gasteiger partial charge in [-0.2, -0.15) is 13.2 Å². The molecule has 10 heteroatoms. The number of para-hydroxylation sites is 2. The Bertz CT molecular complexity index is 1210. The third kappa shape index (κ3) is 5.01. The van der Waals surface area contributed by atoms with Crippen LogP contribution in [0, 0.1) is 11.6 Å². The minimum atomic E-state index is -5.08. The number of carbonyl (C=O) groups is 1. The average Bonchev–Trinajstić information content (AvgIpc) is 2.84. The molecule has 5 nitrogen and oxygen atoms in total. The number of benzene rings is 2. The van der Waals surface area contributed by atoms with Crippen molar-refractivity contribution in [2.45, 2.75) is 25.6 Å². The van der Waals surface area contributed by atoms with Crippen LogP contribution in [0.1, 0.15) is 25.0 Å². The lowest BCUT2D eigenvalue weighted by atomic mass is 10.0. The smallest absolute Gasteiger partial charge is 0.482 e. The summed E-state index contributed by atoms with van der Waals surface area (Å²) in [6.07, 6.45) is -3.52. The first kappa shape index (κ1) is 23.1. The third-order valence-corrected chi connectivity index (χ3v) is 4.40. The van der Waals surface area contributed by atoms with Crippen LogP contribution < -0.4 is 4.74 Å². The normalized spacial score (nSPS) is 14.9. The zero-order chi connectivity index (χ0) is 23.7. The Hall–Kier alpha value is -3.56. The van der Waals surface area contributed by atoms with Gasteiger partial charge in [0.15, 0.2) is 11.6 Å². The van der Waals surface area contributed by atoms with Crippen LogP contribution in [0.25, 0.3) is 10.9 Å². The molecule has 168 valence electrons. The van der Waals surface area contributed by atoms with E-state index in [0.29, 0.717) is 34.3 Å². The van der Waals surface area contributed by atoms with Gasteiger partial charge in [-0.3, -0.25) is 9.98 Å². The Labute approximate surface area is 179 Å². The van der Waals surface area contributed by atoms with Crippen molar-refractivity contribution in [1.29, 1.82) is 0 Å². The van der Waals surface area contributed by atoms with Crippen LogP contribution in [-0.2, 0) is 4.79 Å². The molecule has 1 aliphatic heterocycles. The van der Waals surface area contributed by atoms with Gasteiger partial charge in [0.1, 0.15) is 16.9 Å². The van der Waals surface area contributed by atoms with Gasteiger partial charge in [0.05, 0.1) is 12.3 Å². The number of carboxylic acid groups (broad SMARTS) is 1. The molecule has 3 aromatic rings. The lowest BCUT2D eigenvalue weighted by molar-refractivity contribution is -0.192. The molecule has 32 heavy (non-hydrogen) atoms. The highest BCUT2D eigenvalue weighted by molar-refractivity contribution is 6.15. The van der Waals surface area contributed by atoms with E-state index in [1.54, 1.807) is 30.5 Å². The Kier molecular flexibility index (Phi) is 6.16. The predicted molar refractivity (Wildman–Crippen MR) is 107 cm³/mol. The summed E-state index contributed by atoms with van der Waals surface area (Å²) in [5, 5.41) is 7.79. The zero-order valence-corrected chi connectivity index (χ0v) is 16.9. The van der Waals surface area contributed by atoms with Crippen LogP contribution in [0.4, 0.5) is 22.0 Å². The molecule has 0 aliphatic carbocycles. The lowest BCUT2D eigenvalue weighted by Crippen LogP contribution is -2.31. The van der Waals surface area contributed by atoms with E-state index < -0.39 is 23.6 Å². The van der Waals surface area contributed by atoms with Crippen molar-refractivity contribution >= 4 is 22.6 Å². The molecule has 4 rings (SSSR count). The van der Waals surface area contributed by atoms with Crippen molar-refractivity contribution in [3.8, 4) is 5.75 Å². The molecule has 1 N–H and O–H groups in total. The number of pyridine rings is 1. The third-order valence-electron chi connectivity index (χ3n) is 4.40. The highest BCUT2D eigenvalue weighted by Crippen LogP contribution is 2.32. The average molecular weight is 452 g/mol. The van der Waals surface area contributed by atoms with Gasteiger partial charge in [0, 0.05) is 22.7 Å². The van der Waals surface area contributed by atoms with Crippen LogP contribution in [0.2, 0.25) is 0 Å². The first-order valence-electron chi connectivity index (χ1n) is 9.26. The highest BCUT2D eigenvalue weighted by Gasteiger charge is 2.38. The number of aliphatic imine (C=N–C) groups is 1. The van der Waals surface area contributed by atoms with Gasteiger partial charge in [-0.05, 0) is 38.1 Å². The molecule has 0 saturated carbocycles. The number of hydrogen-bond acceptors (Lipinski definition) is 4. The number of aliphatic carboxylic acids is 1. The molecule has 0 spiro atoms. The minimum absolute atomic E-state index is 0.183. The quantitative estimate of drug-likeness (QED) is 0.518. The first-order chi connectivity index (χ1) is 14.9.